The number of hydrogen-bond donors (Lipinski definition) is 0. The van der Waals surface area contributed by atoms with Crippen LogP contribution in [0, 0.1) is 19.8 Å². The maximum Gasteiger partial charge on any atom is 0.244 e. The van der Waals surface area contributed by atoms with E-state index in [1.54, 1.807) is 16.8 Å². The predicted molar refractivity (Wildman–Crippen MR) is 131 cm³/mol. The molecule has 9 heteroatoms. The van der Waals surface area contributed by atoms with E-state index in [0.717, 1.165) is 43.3 Å². The lowest BCUT2D eigenvalue weighted by atomic mass is 9.90. The molecule has 0 spiro atoms. The Morgan fingerprint density at radius 3 is 2.38 bits per heavy atom. The molecule has 0 aliphatic carbocycles. The van der Waals surface area contributed by atoms with E-state index in [4.69, 9.17) is 16.3 Å². The first-order chi connectivity index (χ1) is 16.3. The lowest BCUT2D eigenvalue weighted by Gasteiger charge is -2.40. The molecule has 8 nitrogen and oxygen atoms in total. The van der Waals surface area contributed by atoms with Gasteiger partial charge in [0.15, 0.2) is 0 Å². The number of benzene rings is 1. The summed E-state index contributed by atoms with van der Waals surface area (Å²) in [5.41, 5.74) is 1.87. The molecule has 0 radical (unpaired) electrons. The highest BCUT2D eigenvalue weighted by Crippen LogP contribution is 2.27. The Balaban J connectivity index is 1.45. The number of halogens is 1. The number of hydrogen-bond acceptors (Lipinski definition) is 5. The Kier molecular flexibility index (Phi) is 7.78. The number of piperazine rings is 1. The van der Waals surface area contributed by atoms with Crippen LogP contribution in [-0.2, 0) is 16.1 Å². The van der Waals surface area contributed by atoms with Crippen molar-refractivity contribution in [3.8, 4) is 5.75 Å². The van der Waals surface area contributed by atoms with E-state index in [2.05, 4.69) is 17.0 Å². The van der Waals surface area contributed by atoms with Crippen molar-refractivity contribution in [2.75, 3.05) is 46.3 Å². The van der Waals surface area contributed by atoms with Crippen molar-refractivity contribution < 1.29 is 14.3 Å². The highest BCUT2D eigenvalue weighted by atomic mass is 35.5. The number of ether oxygens (including phenoxy) is 1. The van der Waals surface area contributed by atoms with Gasteiger partial charge >= 0.3 is 0 Å². The third kappa shape index (κ3) is 6.10. The summed E-state index contributed by atoms with van der Waals surface area (Å²) < 4.78 is 8.05. The first-order valence-corrected chi connectivity index (χ1v) is 12.3. The molecular weight excluding hydrogens is 454 g/mol. The van der Waals surface area contributed by atoms with Gasteiger partial charge in [0.2, 0.25) is 11.8 Å². The van der Waals surface area contributed by atoms with Crippen LogP contribution in [0.2, 0.25) is 5.02 Å². The van der Waals surface area contributed by atoms with E-state index in [-0.39, 0.29) is 30.4 Å². The van der Waals surface area contributed by atoms with Gasteiger partial charge in [0, 0.05) is 68.7 Å². The minimum absolute atomic E-state index is 0.0215. The van der Waals surface area contributed by atoms with Crippen molar-refractivity contribution in [3.63, 3.8) is 0 Å². The first-order valence-electron chi connectivity index (χ1n) is 12.0. The number of rotatable bonds is 6. The van der Waals surface area contributed by atoms with Crippen molar-refractivity contribution in [2.24, 2.45) is 5.92 Å². The van der Waals surface area contributed by atoms with Gasteiger partial charge in [-0.25, -0.2) is 0 Å². The number of aromatic nitrogens is 2. The minimum atomic E-state index is -0.143. The summed E-state index contributed by atoms with van der Waals surface area (Å²) >= 11 is 6.02. The monoisotopic (exact) mass is 487 g/mol. The number of likely N-dealkylation sites (N-methyl/N-ethyl adjacent to an activating group) is 1. The summed E-state index contributed by atoms with van der Waals surface area (Å²) in [5, 5.41) is 5.08. The number of nitrogens with zero attached hydrogens (tertiary/aromatic N) is 5. The maximum absolute atomic E-state index is 13.1. The Bertz CT molecular complexity index is 1000. The van der Waals surface area contributed by atoms with Crippen LogP contribution in [0.1, 0.15) is 24.2 Å². The molecule has 3 heterocycles. The van der Waals surface area contributed by atoms with Gasteiger partial charge in [0.1, 0.15) is 18.4 Å². The highest BCUT2D eigenvalue weighted by molar-refractivity contribution is 6.30. The largest absolute Gasteiger partial charge is 0.490 e. The summed E-state index contributed by atoms with van der Waals surface area (Å²) in [6.07, 6.45) is 0.896. The second-order valence-electron chi connectivity index (χ2n) is 9.47. The van der Waals surface area contributed by atoms with Gasteiger partial charge < -0.3 is 19.4 Å². The molecule has 34 heavy (non-hydrogen) atoms. The molecule has 2 fully saturated rings. The van der Waals surface area contributed by atoms with E-state index in [1.807, 2.05) is 41.8 Å². The summed E-state index contributed by atoms with van der Waals surface area (Å²) in [5.74, 6) is 0.804. The molecule has 2 aromatic rings. The summed E-state index contributed by atoms with van der Waals surface area (Å²) in [7, 11) is 2.07. The standard InChI is InChI=1S/C25H34ClN5O3/c1-18-14-19(2)31(27-18)17-25(33)30-9-8-23(34-22-6-4-21(26)5-7-22)20(16-30)15-24(32)29-12-10-28(3)11-13-29/h4-7,14,20,23H,8-13,15-17H2,1-3H3/t20-,23-/m0/s1. The van der Waals surface area contributed by atoms with Gasteiger partial charge in [-0.3, -0.25) is 14.3 Å². The molecule has 2 aliphatic heterocycles. The van der Waals surface area contributed by atoms with Crippen LogP contribution in [0.3, 0.4) is 0 Å². The molecule has 0 N–H and O–H groups in total. The Morgan fingerprint density at radius 1 is 1.03 bits per heavy atom. The number of likely N-dealkylation sites (tertiary alicyclic amines) is 1. The molecule has 2 amide bonds. The maximum atomic E-state index is 13.1. The van der Waals surface area contributed by atoms with Crippen LogP contribution >= 0.6 is 11.6 Å². The minimum Gasteiger partial charge on any atom is -0.490 e. The zero-order valence-electron chi connectivity index (χ0n) is 20.2. The van der Waals surface area contributed by atoms with Gasteiger partial charge in [-0.2, -0.15) is 5.10 Å². The fourth-order valence-electron chi connectivity index (χ4n) is 4.75. The van der Waals surface area contributed by atoms with E-state index in [1.165, 1.54) is 0 Å². The summed E-state index contributed by atoms with van der Waals surface area (Å²) in [6.45, 7) is 8.43. The first kappa shape index (κ1) is 24.5. The number of piperidine rings is 1. The van der Waals surface area contributed by atoms with Crippen molar-refractivity contribution in [3.05, 3.63) is 46.7 Å². The number of amides is 2. The molecule has 4 rings (SSSR count). The topological polar surface area (TPSA) is 70.9 Å². The van der Waals surface area contributed by atoms with E-state index in [9.17, 15) is 9.59 Å². The predicted octanol–water partition coefficient (Wildman–Crippen LogP) is 2.61. The van der Waals surface area contributed by atoms with E-state index < -0.39 is 0 Å². The van der Waals surface area contributed by atoms with Crippen LogP contribution in [0.25, 0.3) is 0 Å². The van der Waals surface area contributed by atoms with E-state index >= 15 is 0 Å². The Morgan fingerprint density at radius 2 is 1.74 bits per heavy atom. The number of aryl methyl sites for hydroxylation is 2. The van der Waals surface area contributed by atoms with Crippen molar-refractivity contribution >= 4 is 23.4 Å². The molecule has 0 unspecified atom stereocenters. The van der Waals surface area contributed by atoms with Crippen LogP contribution in [0.5, 0.6) is 5.75 Å². The molecule has 0 saturated carbocycles. The average molecular weight is 488 g/mol. The highest BCUT2D eigenvalue weighted by Gasteiger charge is 2.36. The van der Waals surface area contributed by atoms with Crippen molar-refractivity contribution in [1.29, 1.82) is 0 Å². The van der Waals surface area contributed by atoms with Gasteiger partial charge in [-0.05, 0) is 51.2 Å². The lowest BCUT2D eigenvalue weighted by molar-refractivity contribution is -0.140. The van der Waals surface area contributed by atoms with Gasteiger partial charge in [0.25, 0.3) is 0 Å². The fourth-order valence-corrected chi connectivity index (χ4v) is 4.87. The Hall–Kier alpha value is -2.58. The number of carbonyl (C=O) groups excluding carboxylic acids is 2. The average Bonchev–Trinajstić information content (AvgIpc) is 3.13. The molecule has 1 aromatic carbocycles. The number of carbonyl (C=O) groups is 2. The van der Waals surface area contributed by atoms with Crippen LogP contribution in [0.4, 0.5) is 0 Å². The van der Waals surface area contributed by atoms with E-state index in [0.29, 0.717) is 31.0 Å². The van der Waals surface area contributed by atoms with Gasteiger partial charge in [-0.15, -0.1) is 0 Å². The van der Waals surface area contributed by atoms with Crippen LogP contribution in [0.15, 0.2) is 30.3 Å². The molecule has 2 atom stereocenters. The zero-order chi connectivity index (χ0) is 24.2. The molecule has 2 aliphatic rings. The third-order valence-corrected chi connectivity index (χ3v) is 7.05. The molecule has 0 bridgehead atoms. The SMILES string of the molecule is Cc1cc(C)n(CC(=O)N2CC[C@H](Oc3ccc(Cl)cc3)[C@@H](CC(=O)N3CCN(C)CC3)C2)n1. The van der Waals surface area contributed by atoms with Gasteiger partial charge in [0.05, 0.1) is 5.69 Å². The second kappa shape index (κ2) is 10.8. The Labute approximate surface area is 206 Å². The second-order valence-corrected chi connectivity index (χ2v) is 9.91. The fraction of sp³-hybridized carbons (Fsp3) is 0.560. The van der Waals surface area contributed by atoms with Crippen LogP contribution < -0.4 is 4.74 Å². The molecule has 1 aromatic heterocycles. The summed E-state index contributed by atoms with van der Waals surface area (Å²) in [6, 6.07) is 9.27. The van der Waals surface area contributed by atoms with Crippen LogP contribution in [-0.4, -0.2) is 88.7 Å². The van der Waals surface area contributed by atoms with Crippen molar-refractivity contribution in [2.45, 2.75) is 39.3 Å². The normalized spacial score (nSPS) is 21.5. The molecule has 2 saturated heterocycles. The lowest BCUT2D eigenvalue weighted by Crippen LogP contribution is -2.52. The summed E-state index contributed by atoms with van der Waals surface area (Å²) in [4.78, 5) is 32.3. The molecular formula is C25H34ClN5O3. The van der Waals surface area contributed by atoms with Gasteiger partial charge in [-0.1, -0.05) is 11.6 Å². The van der Waals surface area contributed by atoms with Crippen molar-refractivity contribution in [1.82, 2.24) is 24.5 Å². The molecule has 184 valence electrons. The third-order valence-electron chi connectivity index (χ3n) is 6.80. The quantitative estimate of drug-likeness (QED) is 0.626. The smallest absolute Gasteiger partial charge is 0.244 e. The zero-order valence-corrected chi connectivity index (χ0v) is 21.0.